The average molecular weight is 343 g/mol. The number of nitrogens with one attached hydrogen (secondary N) is 1. The van der Waals surface area contributed by atoms with Crippen LogP contribution < -0.4 is 10.9 Å². The molecule has 25 heavy (non-hydrogen) atoms. The third-order valence-corrected chi connectivity index (χ3v) is 4.73. The summed E-state index contributed by atoms with van der Waals surface area (Å²) in [6, 6.07) is 7.03. The summed E-state index contributed by atoms with van der Waals surface area (Å²) < 4.78 is 1.37. The molecule has 0 bridgehead atoms. The van der Waals surface area contributed by atoms with Crippen molar-refractivity contribution in [3.05, 3.63) is 40.3 Å². The van der Waals surface area contributed by atoms with Crippen molar-refractivity contribution < 1.29 is 9.90 Å². The Labute approximate surface area is 146 Å². The van der Waals surface area contributed by atoms with Crippen LogP contribution in [0.15, 0.2) is 29.1 Å². The molecular weight excluding hydrogens is 318 g/mol. The van der Waals surface area contributed by atoms with Gasteiger partial charge < -0.3 is 10.4 Å². The Morgan fingerprint density at radius 2 is 1.92 bits per heavy atom. The Bertz CT molecular complexity index is 835. The second-order valence-electron chi connectivity index (χ2n) is 7.39. The molecule has 1 heterocycles. The molecule has 1 fully saturated rings. The molecule has 1 aromatic carbocycles. The molecule has 0 saturated heterocycles. The van der Waals surface area contributed by atoms with Crippen LogP contribution >= 0.6 is 0 Å². The van der Waals surface area contributed by atoms with Crippen molar-refractivity contribution in [1.82, 2.24) is 15.1 Å². The Morgan fingerprint density at radius 1 is 1.28 bits per heavy atom. The molecular formula is C19H25N3O3. The van der Waals surface area contributed by atoms with Gasteiger partial charge in [0.2, 0.25) is 0 Å². The minimum absolute atomic E-state index is 0.185. The summed E-state index contributed by atoms with van der Waals surface area (Å²) in [4.78, 5) is 25.3. The fourth-order valence-corrected chi connectivity index (χ4v) is 3.41. The molecule has 6 heteroatoms. The van der Waals surface area contributed by atoms with E-state index in [9.17, 15) is 14.7 Å². The van der Waals surface area contributed by atoms with Gasteiger partial charge in [-0.2, -0.15) is 5.10 Å². The highest BCUT2D eigenvalue weighted by molar-refractivity contribution is 6.04. The van der Waals surface area contributed by atoms with E-state index in [4.69, 9.17) is 0 Å². The highest BCUT2D eigenvalue weighted by Crippen LogP contribution is 2.28. The summed E-state index contributed by atoms with van der Waals surface area (Å²) in [7, 11) is 0. The van der Waals surface area contributed by atoms with Crippen LogP contribution in [0, 0.1) is 5.92 Å². The number of carbonyl (C=O) groups excluding carboxylic acids is 1. The monoisotopic (exact) mass is 343 g/mol. The molecule has 0 atom stereocenters. The second-order valence-corrected chi connectivity index (χ2v) is 7.39. The lowest BCUT2D eigenvalue weighted by atomic mass is 10.0. The summed E-state index contributed by atoms with van der Waals surface area (Å²) in [5.74, 6) is -0.115. The van der Waals surface area contributed by atoms with Crippen molar-refractivity contribution in [1.29, 1.82) is 0 Å². The maximum Gasteiger partial charge on any atom is 0.274 e. The van der Waals surface area contributed by atoms with Gasteiger partial charge in [-0.3, -0.25) is 9.59 Å². The molecule has 1 amide bonds. The van der Waals surface area contributed by atoms with Gasteiger partial charge in [-0.05, 0) is 24.8 Å². The van der Waals surface area contributed by atoms with Crippen molar-refractivity contribution in [2.75, 3.05) is 6.54 Å². The van der Waals surface area contributed by atoms with Crippen molar-refractivity contribution >= 4 is 16.7 Å². The molecule has 2 aromatic rings. The predicted octanol–water partition coefficient (Wildman–Crippen LogP) is 2.09. The maximum absolute atomic E-state index is 12.7. The summed E-state index contributed by atoms with van der Waals surface area (Å²) in [6.45, 7) is 4.66. The molecule has 0 spiro atoms. The number of amides is 1. The van der Waals surface area contributed by atoms with Gasteiger partial charge in [-0.25, -0.2) is 4.68 Å². The highest BCUT2D eigenvalue weighted by Gasteiger charge is 2.31. The second kappa shape index (κ2) is 6.96. The van der Waals surface area contributed by atoms with Gasteiger partial charge in [0, 0.05) is 18.5 Å². The molecule has 1 aliphatic carbocycles. The number of carbonyl (C=O) groups is 1. The molecule has 1 saturated carbocycles. The normalized spacial score (nSPS) is 16.5. The Balaban J connectivity index is 1.95. The number of hydrogen-bond acceptors (Lipinski definition) is 4. The van der Waals surface area contributed by atoms with Gasteiger partial charge in [0.1, 0.15) is 0 Å². The van der Waals surface area contributed by atoms with Crippen LogP contribution in [0.4, 0.5) is 0 Å². The van der Waals surface area contributed by atoms with Crippen LogP contribution in [0.3, 0.4) is 0 Å². The fourth-order valence-electron chi connectivity index (χ4n) is 3.41. The average Bonchev–Trinajstić information content (AvgIpc) is 3.02. The lowest BCUT2D eigenvalue weighted by Crippen LogP contribution is -2.41. The van der Waals surface area contributed by atoms with E-state index >= 15 is 0 Å². The molecule has 0 aliphatic heterocycles. The quantitative estimate of drug-likeness (QED) is 0.871. The smallest absolute Gasteiger partial charge is 0.274 e. The minimum atomic E-state index is -0.822. The third-order valence-electron chi connectivity index (χ3n) is 4.73. The zero-order valence-corrected chi connectivity index (χ0v) is 14.8. The largest absolute Gasteiger partial charge is 0.388 e. The molecule has 1 aromatic heterocycles. The van der Waals surface area contributed by atoms with Crippen molar-refractivity contribution in [2.24, 2.45) is 5.92 Å². The molecule has 0 radical (unpaired) electrons. The first-order chi connectivity index (χ1) is 11.9. The van der Waals surface area contributed by atoms with E-state index in [2.05, 4.69) is 10.4 Å². The standard InChI is InChI=1S/C19H25N3O3/c1-13(2)11-22-18(24)15-8-4-3-7-14(15)16(21-22)17(23)20-12-19(25)9-5-6-10-19/h3-4,7-8,13,25H,5-6,9-12H2,1-2H3,(H,20,23). The Kier molecular flexibility index (Phi) is 4.90. The first kappa shape index (κ1) is 17.6. The van der Waals surface area contributed by atoms with Gasteiger partial charge in [0.15, 0.2) is 5.69 Å². The lowest BCUT2D eigenvalue weighted by Gasteiger charge is -2.22. The van der Waals surface area contributed by atoms with Gasteiger partial charge in [0.05, 0.1) is 11.0 Å². The summed E-state index contributed by atoms with van der Waals surface area (Å²) >= 11 is 0. The van der Waals surface area contributed by atoms with Gasteiger partial charge in [-0.15, -0.1) is 0 Å². The van der Waals surface area contributed by atoms with E-state index < -0.39 is 5.60 Å². The zero-order valence-electron chi connectivity index (χ0n) is 14.8. The number of aliphatic hydroxyl groups is 1. The molecule has 0 unspecified atom stereocenters. The number of nitrogens with zero attached hydrogens (tertiary/aromatic N) is 2. The predicted molar refractivity (Wildman–Crippen MR) is 96.6 cm³/mol. The van der Waals surface area contributed by atoms with Crippen LogP contribution in [0.1, 0.15) is 50.0 Å². The first-order valence-corrected chi connectivity index (χ1v) is 8.90. The minimum Gasteiger partial charge on any atom is -0.388 e. The fraction of sp³-hybridized carbons (Fsp3) is 0.526. The number of aromatic nitrogens is 2. The van der Waals surface area contributed by atoms with Crippen molar-refractivity contribution in [3.63, 3.8) is 0 Å². The number of benzene rings is 1. The summed E-state index contributed by atoms with van der Waals surface area (Å²) in [5.41, 5.74) is -0.773. The topological polar surface area (TPSA) is 84.2 Å². The Hall–Kier alpha value is -2.21. The van der Waals surface area contributed by atoms with Gasteiger partial charge >= 0.3 is 0 Å². The molecule has 6 nitrogen and oxygen atoms in total. The van der Waals surface area contributed by atoms with Crippen LogP contribution in [-0.4, -0.2) is 32.9 Å². The zero-order chi connectivity index (χ0) is 18.0. The van der Waals surface area contributed by atoms with E-state index in [1.807, 2.05) is 13.8 Å². The van der Waals surface area contributed by atoms with E-state index in [-0.39, 0.29) is 29.6 Å². The molecule has 1 aliphatic rings. The van der Waals surface area contributed by atoms with Crippen LogP contribution in [-0.2, 0) is 6.54 Å². The third kappa shape index (κ3) is 3.74. The number of hydrogen-bond donors (Lipinski definition) is 2. The van der Waals surface area contributed by atoms with E-state index in [0.717, 1.165) is 12.8 Å². The maximum atomic E-state index is 12.7. The van der Waals surface area contributed by atoms with Crippen LogP contribution in [0.2, 0.25) is 0 Å². The van der Waals surface area contributed by atoms with E-state index in [0.29, 0.717) is 30.2 Å². The van der Waals surface area contributed by atoms with Crippen LogP contribution in [0.5, 0.6) is 0 Å². The van der Waals surface area contributed by atoms with E-state index in [1.54, 1.807) is 24.3 Å². The summed E-state index contributed by atoms with van der Waals surface area (Å²) in [5, 5.41) is 18.6. The SMILES string of the molecule is CC(C)Cn1nc(C(=O)NCC2(O)CCCC2)c2ccccc2c1=O. The molecule has 3 rings (SSSR count). The van der Waals surface area contributed by atoms with Crippen LogP contribution in [0.25, 0.3) is 10.8 Å². The number of fused-ring (bicyclic) bond motifs is 1. The number of rotatable bonds is 5. The van der Waals surface area contributed by atoms with Gasteiger partial charge in [-0.1, -0.05) is 44.9 Å². The lowest BCUT2D eigenvalue weighted by molar-refractivity contribution is 0.0448. The molecule has 134 valence electrons. The first-order valence-electron chi connectivity index (χ1n) is 8.90. The Morgan fingerprint density at radius 3 is 2.56 bits per heavy atom. The summed E-state index contributed by atoms with van der Waals surface area (Å²) in [6.07, 6.45) is 3.36. The van der Waals surface area contributed by atoms with Gasteiger partial charge in [0.25, 0.3) is 11.5 Å². The van der Waals surface area contributed by atoms with Crippen molar-refractivity contribution in [2.45, 2.75) is 51.7 Å². The van der Waals surface area contributed by atoms with E-state index in [1.165, 1.54) is 4.68 Å². The molecule has 2 N–H and O–H groups in total. The highest BCUT2D eigenvalue weighted by atomic mass is 16.3. The van der Waals surface area contributed by atoms with Crippen molar-refractivity contribution in [3.8, 4) is 0 Å².